The van der Waals surface area contributed by atoms with E-state index in [1.807, 2.05) is 0 Å². The number of carbonyl (C=O) groups is 3. The van der Waals surface area contributed by atoms with Gasteiger partial charge in [0.1, 0.15) is 12.4 Å². The number of anilines is 1. The van der Waals surface area contributed by atoms with Crippen LogP contribution in [0.2, 0.25) is 0 Å². The van der Waals surface area contributed by atoms with Gasteiger partial charge in [-0.1, -0.05) is 36.9 Å². The molecule has 2 amide bonds. The molecule has 0 bridgehead atoms. The molecule has 0 unspecified atom stereocenters. The van der Waals surface area contributed by atoms with Gasteiger partial charge in [-0.2, -0.15) is 0 Å². The summed E-state index contributed by atoms with van der Waals surface area (Å²) in [7, 11) is 0. The van der Waals surface area contributed by atoms with Crippen molar-refractivity contribution in [1.82, 2.24) is 5.32 Å². The van der Waals surface area contributed by atoms with E-state index in [0.29, 0.717) is 23.6 Å². The van der Waals surface area contributed by atoms with E-state index in [0.717, 1.165) is 18.4 Å². The van der Waals surface area contributed by atoms with Gasteiger partial charge in [0.2, 0.25) is 0 Å². The molecule has 160 valence electrons. The lowest BCUT2D eigenvalue weighted by atomic mass is 10.1. The molecule has 7 heteroatoms. The molecule has 0 aromatic heterocycles. The second-order valence-corrected chi connectivity index (χ2v) is 6.95. The summed E-state index contributed by atoms with van der Waals surface area (Å²) in [5.41, 5.74) is 1.52. The van der Waals surface area contributed by atoms with Gasteiger partial charge in [0.15, 0.2) is 6.61 Å². The van der Waals surface area contributed by atoms with Crippen molar-refractivity contribution in [1.29, 1.82) is 0 Å². The van der Waals surface area contributed by atoms with E-state index in [4.69, 9.17) is 9.47 Å². The third-order valence-electron chi connectivity index (χ3n) is 4.36. The zero-order valence-electron chi connectivity index (χ0n) is 17.0. The largest absolute Gasteiger partial charge is 0.490 e. The number of hydrogen-bond acceptors (Lipinski definition) is 5. The predicted octanol–water partition coefficient (Wildman–Crippen LogP) is 3.34. The van der Waals surface area contributed by atoms with Gasteiger partial charge in [0.05, 0.1) is 11.3 Å². The maximum atomic E-state index is 12.3. The molecule has 2 aromatic rings. The van der Waals surface area contributed by atoms with Crippen molar-refractivity contribution in [2.75, 3.05) is 18.5 Å². The summed E-state index contributed by atoms with van der Waals surface area (Å²) >= 11 is 0. The first-order valence-electron chi connectivity index (χ1n) is 9.93. The van der Waals surface area contributed by atoms with Gasteiger partial charge < -0.3 is 20.1 Å². The highest BCUT2D eigenvalue weighted by Gasteiger charge is 2.25. The highest BCUT2D eigenvalue weighted by molar-refractivity contribution is 6.04. The Balaban J connectivity index is 1.47. The van der Waals surface area contributed by atoms with Crippen LogP contribution in [0.1, 0.15) is 28.8 Å². The predicted molar refractivity (Wildman–Crippen MR) is 118 cm³/mol. The van der Waals surface area contributed by atoms with E-state index in [-0.39, 0.29) is 11.9 Å². The minimum atomic E-state index is -0.651. The summed E-state index contributed by atoms with van der Waals surface area (Å²) in [5, 5.41) is 5.50. The van der Waals surface area contributed by atoms with Crippen molar-refractivity contribution in [2.45, 2.75) is 18.9 Å². The third kappa shape index (κ3) is 7.15. The van der Waals surface area contributed by atoms with E-state index in [1.165, 1.54) is 6.08 Å². The quantitative estimate of drug-likeness (QED) is 0.349. The Bertz CT molecular complexity index is 978. The van der Waals surface area contributed by atoms with Crippen molar-refractivity contribution in [3.8, 4) is 5.75 Å². The molecule has 1 aliphatic rings. The molecule has 1 saturated carbocycles. The van der Waals surface area contributed by atoms with Crippen LogP contribution in [0.4, 0.5) is 5.69 Å². The summed E-state index contributed by atoms with van der Waals surface area (Å²) in [6, 6.07) is 14.0. The molecular weight excluding hydrogens is 396 g/mol. The summed E-state index contributed by atoms with van der Waals surface area (Å²) < 4.78 is 10.4. The summed E-state index contributed by atoms with van der Waals surface area (Å²) in [4.78, 5) is 36.3. The van der Waals surface area contributed by atoms with E-state index < -0.39 is 18.5 Å². The summed E-state index contributed by atoms with van der Waals surface area (Å²) in [6.45, 7) is 3.54. The van der Waals surface area contributed by atoms with Gasteiger partial charge in [-0.05, 0) is 48.7 Å². The molecule has 0 heterocycles. The molecule has 2 N–H and O–H groups in total. The van der Waals surface area contributed by atoms with Crippen molar-refractivity contribution in [2.24, 2.45) is 0 Å². The molecule has 7 nitrogen and oxygen atoms in total. The Kier molecular flexibility index (Phi) is 7.59. The topological polar surface area (TPSA) is 93.7 Å². The van der Waals surface area contributed by atoms with Crippen LogP contribution >= 0.6 is 0 Å². The SMILES string of the molecule is C=CCOc1ccc(C=CC(=O)OCC(=O)Nc2ccccc2C(=O)NC2CC2)cc1. The molecule has 0 aliphatic heterocycles. The van der Waals surface area contributed by atoms with Gasteiger partial charge in [-0.25, -0.2) is 4.79 Å². The smallest absolute Gasteiger partial charge is 0.331 e. The first kappa shape index (κ1) is 21.8. The first-order valence-corrected chi connectivity index (χ1v) is 9.93. The van der Waals surface area contributed by atoms with Gasteiger partial charge in [-0.3, -0.25) is 9.59 Å². The number of rotatable bonds is 10. The van der Waals surface area contributed by atoms with Gasteiger partial charge in [0.25, 0.3) is 11.8 Å². The Morgan fingerprint density at radius 3 is 2.52 bits per heavy atom. The number of ether oxygens (including phenoxy) is 2. The second kappa shape index (κ2) is 10.8. The van der Waals surface area contributed by atoms with Gasteiger partial charge >= 0.3 is 5.97 Å². The highest BCUT2D eigenvalue weighted by Crippen LogP contribution is 2.21. The normalized spacial score (nSPS) is 12.8. The van der Waals surface area contributed by atoms with Crippen molar-refractivity contribution in [3.63, 3.8) is 0 Å². The van der Waals surface area contributed by atoms with Crippen LogP contribution in [-0.4, -0.2) is 37.0 Å². The van der Waals surface area contributed by atoms with Crippen molar-refractivity contribution in [3.05, 3.63) is 78.4 Å². The fourth-order valence-corrected chi connectivity index (χ4v) is 2.65. The minimum absolute atomic E-state index is 0.208. The molecule has 1 aliphatic carbocycles. The molecule has 0 atom stereocenters. The number of carbonyl (C=O) groups excluding carboxylic acids is 3. The Hall–Kier alpha value is -3.87. The Morgan fingerprint density at radius 1 is 1.06 bits per heavy atom. The van der Waals surface area contributed by atoms with E-state index >= 15 is 0 Å². The molecule has 1 fully saturated rings. The van der Waals surface area contributed by atoms with Crippen LogP contribution in [0.15, 0.2) is 67.3 Å². The standard InChI is InChI=1S/C24H24N2O5/c1-2-15-30-19-12-7-17(8-13-19)9-14-23(28)31-16-22(27)26-21-6-4-3-5-20(21)24(29)25-18-10-11-18/h2-9,12-14,18H,1,10-11,15-16H2,(H,25,29)(H,26,27). The van der Waals surface area contributed by atoms with Gasteiger partial charge in [-0.15, -0.1) is 0 Å². The fraction of sp³-hybridized carbons (Fsp3) is 0.208. The van der Waals surface area contributed by atoms with Crippen LogP contribution in [0, 0.1) is 0 Å². The first-order chi connectivity index (χ1) is 15.0. The van der Waals surface area contributed by atoms with E-state index in [2.05, 4.69) is 17.2 Å². The number of esters is 1. The molecule has 0 spiro atoms. The molecule has 0 saturated heterocycles. The lowest BCUT2D eigenvalue weighted by Gasteiger charge is -2.11. The zero-order chi connectivity index (χ0) is 22.1. The number of para-hydroxylation sites is 1. The van der Waals surface area contributed by atoms with Gasteiger partial charge in [0, 0.05) is 12.1 Å². The number of hydrogen-bond donors (Lipinski definition) is 2. The van der Waals surface area contributed by atoms with Crippen molar-refractivity contribution >= 4 is 29.5 Å². The lowest BCUT2D eigenvalue weighted by Crippen LogP contribution is -2.27. The van der Waals surface area contributed by atoms with E-state index in [1.54, 1.807) is 60.7 Å². The molecule has 0 radical (unpaired) electrons. The molecule has 31 heavy (non-hydrogen) atoms. The highest BCUT2D eigenvalue weighted by atomic mass is 16.5. The number of amides is 2. The van der Waals surface area contributed by atoms with Crippen molar-refractivity contribution < 1.29 is 23.9 Å². The Labute approximate surface area is 180 Å². The average molecular weight is 420 g/mol. The zero-order valence-corrected chi connectivity index (χ0v) is 17.0. The van der Waals surface area contributed by atoms with Crippen LogP contribution < -0.4 is 15.4 Å². The average Bonchev–Trinajstić information content (AvgIpc) is 3.60. The number of benzene rings is 2. The maximum Gasteiger partial charge on any atom is 0.331 e. The summed E-state index contributed by atoms with van der Waals surface area (Å²) in [6.07, 6.45) is 6.41. The second-order valence-electron chi connectivity index (χ2n) is 6.95. The van der Waals surface area contributed by atoms with Crippen LogP contribution in [0.5, 0.6) is 5.75 Å². The summed E-state index contributed by atoms with van der Waals surface area (Å²) in [5.74, 6) is -0.722. The lowest BCUT2D eigenvalue weighted by molar-refractivity contribution is -0.142. The van der Waals surface area contributed by atoms with Crippen LogP contribution in [0.3, 0.4) is 0 Å². The number of nitrogens with one attached hydrogen (secondary N) is 2. The Morgan fingerprint density at radius 2 is 1.81 bits per heavy atom. The minimum Gasteiger partial charge on any atom is -0.490 e. The third-order valence-corrected chi connectivity index (χ3v) is 4.36. The van der Waals surface area contributed by atoms with Crippen LogP contribution in [-0.2, 0) is 14.3 Å². The molecule has 2 aromatic carbocycles. The monoisotopic (exact) mass is 420 g/mol. The molecule has 3 rings (SSSR count). The fourth-order valence-electron chi connectivity index (χ4n) is 2.65. The molecular formula is C24H24N2O5. The maximum absolute atomic E-state index is 12.3. The van der Waals surface area contributed by atoms with Crippen LogP contribution in [0.25, 0.3) is 6.08 Å². The van der Waals surface area contributed by atoms with E-state index in [9.17, 15) is 14.4 Å².